The van der Waals surface area contributed by atoms with Gasteiger partial charge in [0.1, 0.15) is 5.82 Å². The summed E-state index contributed by atoms with van der Waals surface area (Å²) in [5.41, 5.74) is 0.193. The van der Waals surface area contributed by atoms with E-state index in [1.165, 1.54) is 16.4 Å². The zero-order valence-corrected chi connectivity index (χ0v) is 14.2. The fourth-order valence-electron chi connectivity index (χ4n) is 1.69. The second-order valence-electron chi connectivity index (χ2n) is 4.54. The predicted molar refractivity (Wildman–Crippen MR) is 83.4 cm³/mol. The summed E-state index contributed by atoms with van der Waals surface area (Å²) in [6.07, 6.45) is 2.74. The van der Waals surface area contributed by atoms with E-state index in [2.05, 4.69) is 0 Å². The van der Waals surface area contributed by atoms with Crippen LogP contribution in [-0.4, -0.2) is 37.8 Å². The quantitative estimate of drug-likeness (QED) is 0.715. The monoisotopic (exact) mass is 339 g/mol. The molecule has 0 aliphatic rings. The first-order chi connectivity index (χ1) is 9.34. The Hall–Kier alpha value is -0.300. The Bertz CT molecular complexity index is 551. The molecule has 1 atom stereocenters. The van der Waals surface area contributed by atoms with E-state index in [4.69, 9.17) is 11.6 Å². The smallest absolute Gasteiger partial charge is 0.207 e. The van der Waals surface area contributed by atoms with Gasteiger partial charge in [-0.25, -0.2) is 12.8 Å². The third-order valence-electron chi connectivity index (χ3n) is 3.20. The van der Waals surface area contributed by atoms with Crippen LogP contribution >= 0.6 is 23.4 Å². The van der Waals surface area contributed by atoms with Crippen LogP contribution in [0.1, 0.15) is 18.9 Å². The highest BCUT2D eigenvalue weighted by Crippen LogP contribution is 2.22. The normalized spacial score (nSPS) is 13.7. The largest absolute Gasteiger partial charge is 0.243 e. The Kier molecular flexibility index (Phi) is 6.78. The van der Waals surface area contributed by atoms with Gasteiger partial charge in [-0.15, -0.1) is 11.6 Å². The zero-order valence-electron chi connectivity index (χ0n) is 11.8. The number of hydrogen-bond acceptors (Lipinski definition) is 3. The van der Waals surface area contributed by atoms with Crippen LogP contribution in [0.2, 0.25) is 0 Å². The lowest BCUT2D eigenvalue weighted by Crippen LogP contribution is -2.35. The molecule has 0 aliphatic carbocycles. The van der Waals surface area contributed by atoms with Gasteiger partial charge in [0.25, 0.3) is 0 Å². The molecule has 0 saturated carbocycles. The third-order valence-corrected chi connectivity index (χ3v) is 6.10. The average molecular weight is 340 g/mol. The molecule has 1 unspecified atom stereocenters. The lowest BCUT2D eigenvalue weighted by atomic mass is 10.2. The van der Waals surface area contributed by atoms with Crippen LogP contribution in [0, 0.1) is 5.82 Å². The van der Waals surface area contributed by atoms with Crippen molar-refractivity contribution in [2.24, 2.45) is 0 Å². The molecule has 0 aliphatic heterocycles. The third kappa shape index (κ3) is 4.10. The first-order valence-corrected chi connectivity index (χ1v) is 9.52. The van der Waals surface area contributed by atoms with Crippen LogP contribution in [0.3, 0.4) is 0 Å². The van der Waals surface area contributed by atoms with Crippen LogP contribution in [0.4, 0.5) is 4.39 Å². The van der Waals surface area contributed by atoms with Gasteiger partial charge in [0, 0.05) is 18.7 Å². The fourth-order valence-corrected chi connectivity index (χ4v) is 3.91. The lowest BCUT2D eigenvalue weighted by molar-refractivity contribution is 0.382. The molecule has 20 heavy (non-hydrogen) atoms. The highest BCUT2D eigenvalue weighted by Gasteiger charge is 2.25. The molecule has 1 aromatic rings. The molecule has 1 aromatic carbocycles. The summed E-state index contributed by atoms with van der Waals surface area (Å²) in [7, 11) is -2.07. The summed E-state index contributed by atoms with van der Waals surface area (Å²) in [5, 5.41) is 0. The maximum absolute atomic E-state index is 13.4. The summed E-state index contributed by atoms with van der Waals surface area (Å²) in [4.78, 5) is 0.0769. The molecular weight excluding hydrogens is 321 g/mol. The van der Waals surface area contributed by atoms with Gasteiger partial charge in [0.15, 0.2) is 0 Å². The van der Waals surface area contributed by atoms with Crippen molar-refractivity contribution in [3.63, 3.8) is 0 Å². The number of rotatable bonds is 7. The van der Waals surface area contributed by atoms with E-state index in [-0.39, 0.29) is 22.4 Å². The molecule has 0 N–H and O–H groups in total. The van der Waals surface area contributed by atoms with Gasteiger partial charge in [-0.3, -0.25) is 0 Å². The van der Waals surface area contributed by atoms with Crippen molar-refractivity contribution < 1.29 is 12.8 Å². The minimum atomic E-state index is -3.62. The molecule has 114 valence electrons. The van der Waals surface area contributed by atoms with E-state index in [0.29, 0.717) is 0 Å². The van der Waals surface area contributed by atoms with Crippen molar-refractivity contribution in [3.8, 4) is 0 Å². The minimum absolute atomic E-state index is 0.0546. The number of nitrogens with zero attached hydrogens (tertiary/aromatic N) is 1. The van der Waals surface area contributed by atoms with E-state index in [9.17, 15) is 12.8 Å². The van der Waals surface area contributed by atoms with Crippen LogP contribution in [0.15, 0.2) is 23.1 Å². The molecule has 0 aromatic heterocycles. The van der Waals surface area contributed by atoms with E-state index < -0.39 is 15.8 Å². The molecule has 0 saturated heterocycles. The van der Waals surface area contributed by atoms with Gasteiger partial charge in [-0.05, 0) is 43.6 Å². The van der Waals surface area contributed by atoms with Gasteiger partial charge in [0.2, 0.25) is 10.0 Å². The first kappa shape index (κ1) is 17.8. The maximum Gasteiger partial charge on any atom is 0.243 e. The van der Waals surface area contributed by atoms with E-state index >= 15 is 0 Å². The lowest BCUT2D eigenvalue weighted by Gasteiger charge is -2.24. The van der Waals surface area contributed by atoms with Crippen LogP contribution < -0.4 is 0 Å². The highest BCUT2D eigenvalue weighted by molar-refractivity contribution is 7.98. The van der Waals surface area contributed by atoms with Gasteiger partial charge < -0.3 is 0 Å². The molecule has 0 radical (unpaired) electrons. The minimum Gasteiger partial charge on any atom is -0.207 e. The number of sulfonamides is 1. The van der Waals surface area contributed by atoms with Crippen LogP contribution in [0.5, 0.6) is 0 Å². The molecule has 3 nitrogen and oxygen atoms in total. The Labute approximate surface area is 129 Å². The van der Waals surface area contributed by atoms with Gasteiger partial charge in [-0.2, -0.15) is 16.1 Å². The molecular formula is C13H19ClFNO2S2. The molecule has 0 spiro atoms. The summed E-state index contributed by atoms with van der Waals surface area (Å²) in [6, 6.07) is 3.61. The first-order valence-electron chi connectivity index (χ1n) is 6.16. The maximum atomic E-state index is 13.4. The molecule has 0 amide bonds. The second-order valence-corrected chi connectivity index (χ2v) is 7.79. The number of alkyl halides is 1. The highest BCUT2D eigenvalue weighted by atomic mass is 35.5. The summed E-state index contributed by atoms with van der Waals surface area (Å²) < 4.78 is 39.7. The SMILES string of the molecule is CSCCC(C)N(C)S(=O)(=O)c1ccc(F)c(CCl)c1. The van der Waals surface area contributed by atoms with Crippen LogP contribution in [-0.2, 0) is 15.9 Å². The number of benzene rings is 1. The molecule has 0 heterocycles. The van der Waals surface area contributed by atoms with Crippen LogP contribution in [0.25, 0.3) is 0 Å². The van der Waals surface area contributed by atoms with Gasteiger partial charge in [0.05, 0.1) is 10.8 Å². The zero-order chi connectivity index (χ0) is 15.3. The summed E-state index contributed by atoms with van der Waals surface area (Å²) in [5.74, 6) is 0.343. The van der Waals surface area contributed by atoms with Gasteiger partial charge >= 0.3 is 0 Å². The summed E-state index contributed by atoms with van der Waals surface area (Å²) in [6.45, 7) is 1.86. The van der Waals surface area contributed by atoms with Crippen molar-refractivity contribution in [2.45, 2.75) is 30.2 Å². The Morgan fingerprint density at radius 1 is 1.45 bits per heavy atom. The molecule has 0 fully saturated rings. The Balaban J connectivity index is 3.03. The predicted octanol–water partition coefficient (Wildman–Crippen LogP) is 3.33. The molecule has 0 bridgehead atoms. The molecule has 1 rings (SSSR count). The van der Waals surface area contributed by atoms with E-state index in [1.54, 1.807) is 18.8 Å². The Morgan fingerprint density at radius 2 is 2.10 bits per heavy atom. The standard InChI is InChI=1S/C13H19ClFNO2S2/c1-10(6-7-19-3)16(2)20(17,18)12-4-5-13(15)11(8-12)9-14/h4-5,8,10H,6-7,9H2,1-3H3. The summed E-state index contributed by atoms with van der Waals surface area (Å²) >= 11 is 7.29. The van der Waals surface area contributed by atoms with Crippen molar-refractivity contribution in [1.29, 1.82) is 0 Å². The topological polar surface area (TPSA) is 37.4 Å². The molecule has 7 heteroatoms. The van der Waals surface area contributed by atoms with Crippen molar-refractivity contribution in [1.82, 2.24) is 4.31 Å². The van der Waals surface area contributed by atoms with E-state index in [0.717, 1.165) is 18.2 Å². The van der Waals surface area contributed by atoms with Gasteiger partial charge in [-0.1, -0.05) is 0 Å². The van der Waals surface area contributed by atoms with Crippen molar-refractivity contribution in [2.75, 3.05) is 19.1 Å². The Morgan fingerprint density at radius 3 is 2.65 bits per heavy atom. The number of hydrogen-bond donors (Lipinski definition) is 0. The average Bonchev–Trinajstić information content (AvgIpc) is 2.44. The van der Waals surface area contributed by atoms with E-state index in [1.807, 2.05) is 13.2 Å². The van der Waals surface area contributed by atoms with Crippen molar-refractivity contribution >= 4 is 33.4 Å². The fraction of sp³-hybridized carbons (Fsp3) is 0.538. The van der Waals surface area contributed by atoms with Crippen molar-refractivity contribution in [3.05, 3.63) is 29.6 Å². The number of thioether (sulfide) groups is 1. The number of halogens is 2. The second kappa shape index (κ2) is 7.64.